The molecule has 1 aliphatic rings. The zero-order valence-electron chi connectivity index (χ0n) is 10.4. The van der Waals surface area contributed by atoms with E-state index in [0.29, 0.717) is 10.8 Å². The summed E-state index contributed by atoms with van der Waals surface area (Å²) in [4.78, 5) is 15.4. The number of pyridine rings is 1. The van der Waals surface area contributed by atoms with E-state index in [1.807, 2.05) is 11.8 Å². The summed E-state index contributed by atoms with van der Waals surface area (Å²) in [7, 11) is 0. The van der Waals surface area contributed by atoms with E-state index in [9.17, 15) is 9.18 Å². The predicted molar refractivity (Wildman–Crippen MR) is 71.2 cm³/mol. The zero-order chi connectivity index (χ0) is 13.0. The lowest BCUT2D eigenvalue weighted by Gasteiger charge is -2.20. The van der Waals surface area contributed by atoms with Crippen LogP contribution in [0.1, 0.15) is 36.5 Å². The second-order valence-electron chi connectivity index (χ2n) is 4.37. The molecule has 0 saturated heterocycles. The van der Waals surface area contributed by atoms with Crippen LogP contribution in [0.15, 0.2) is 18.3 Å². The van der Waals surface area contributed by atoms with Crippen LogP contribution in [0, 0.1) is 5.95 Å². The van der Waals surface area contributed by atoms with E-state index in [2.05, 4.69) is 17.2 Å². The van der Waals surface area contributed by atoms with Crippen molar-refractivity contribution in [1.29, 1.82) is 0 Å². The first-order chi connectivity index (χ1) is 8.70. The van der Waals surface area contributed by atoms with Crippen LogP contribution >= 0.6 is 11.8 Å². The van der Waals surface area contributed by atoms with Gasteiger partial charge in [0.25, 0.3) is 5.91 Å². The lowest BCUT2D eigenvalue weighted by molar-refractivity contribution is 0.0938. The molecular formula is C13H17FN2OS. The molecule has 18 heavy (non-hydrogen) atoms. The molecule has 0 spiro atoms. The van der Waals surface area contributed by atoms with Gasteiger partial charge in [-0.3, -0.25) is 4.79 Å². The molecule has 1 heterocycles. The molecule has 1 aromatic rings. The Hall–Kier alpha value is -1.10. The summed E-state index contributed by atoms with van der Waals surface area (Å²) in [6.45, 7) is 2.13. The molecule has 5 heteroatoms. The minimum Gasteiger partial charge on any atom is -0.348 e. The van der Waals surface area contributed by atoms with Crippen molar-refractivity contribution in [2.75, 3.05) is 5.75 Å². The molecule has 0 radical (unpaired) electrons. The van der Waals surface area contributed by atoms with E-state index in [0.717, 1.165) is 25.0 Å². The molecule has 1 N–H and O–H groups in total. The van der Waals surface area contributed by atoms with Gasteiger partial charge in [-0.2, -0.15) is 16.2 Å². The van der Waals surface area contributed by atoms with Crippen LogP contribution in [-0.2, 0) is 0 Å². The maximum Gasteiger partial charge on any atom is 0.251 e. The maximum absolute atomic E-state index is 12.9. The molecule has 98 valence electrons. The second kappa shape index (κ2) is 6.18. The summed E-state index contributed by atoms with van der Waals surface area (Å²) in [5, 5.41) is 3.49. The van der Waals surface area contributed by atoms with Gasteiger partial charge in [0.15, 0.2) is 0 Å². The van der Waals surface area contributed by atoms with Gasteiger partial charge < -0.3 is 5.32 Å². The summed E-state index contributed by atoms with van der Waals surface area (Å²) >= 11 is 1.89. The third-order valence-electron chi connectivity index (χ3n) is 3.14. The standard InChI is InChI=1S/C13H17FN2OS/c1-2-18-11-5-3-4-10(11)16-13(17)9-6-7-15-12(14)8-9/h6-8,10-11H,2-5H2,1H3,(H,16,17). The Morgan fingerprint density at radius 3 is 3.17 bits per heavy atom. The van der Waals surface area contributed by atoms with Crippen molar-refractivity contribution in [3.8, 4) is 0 Å². The van der Waals surface area contributed by atoms with Crippen molar-refractivity contribution < 1.29 is 9.18 Å². The number of hydrogen-bond acceptors (Lipinski definition) is 3. The van der Waals surface area contributed by atoms with Crippen molar-refractivity contribution in [3.63, 3.8) is 0 Å². The third-order valence-corrected chi connectivity index (χ3v) is 4.46. The number of nitrogens with zero attached hydrogens (tertiary/aromatic N) is 1. The lowest BCUT2D eigenvalue weighted by Crippen LogP contribution is -2.38. The monoisotopic (exact) mass is 268 g/mol. The molecule has 2 atom stereocenters. The van der Waals surface area contributed by atoms with Gasteiger partial charge in [0.2, 0.25) is 5.95 Å². The number of aromatic nitrogens is 1. The van der Waals surface area contributed by atoms with Crippen molar-refractivity contribution >= 4 is 17.7 Å². The van der Waals surface area contributed by atoms with E-state index in [-0.39, 0.29) is 11.9 Å². The molecule has 1 aliphatic carbocycles. The fraction of sp³-hybridized carbons (Fsp3) is 0.538. The number of amides is 1. The Balaban J connectivity index is 1.98. The Morgan fingerprint density at radius 2 is 2.44 bits per heavy atom. The number of thioether (sulfide) groups is 1. The smallest absolute Gasteiger partial charge is 0.251 e. The van der Waals surface area contributed by atoms with Gasteiger partial charge in [0.1, 0.15) is 0 Å². The van der Waals surface area contributed by atoms with Gasteiger partial charge in [-0.25, -0.2) is 4.98 Å². The number of hydrogen-bond donors (Lipinski definition) is 1. The topological polar surface area (TPSA) is 42.0 Å². The summed E-state index contributed by atoms with van der Waals surface area (Å²) in [5.74, 6) is 0.236. The average molecular weight is 268 g/mol. The molecule has 3 nitrogen and oxygen atoms in total. The predicted octanol–water partition coefficient (Wildman–Crippen LogP) is 2.62. The van der Waals surface area contributed by atoms with Crippen LogP contribution in [-0.4, -0.2) is 27.9 Å². The zero-order valence-corrected chi connectivity index (χ0v) is 11.2. The third kappa shape index (κ3) is 3.22. The van der Waals surface area contributed by atoms with Crippen molar-refractivity contribution in [1.82, 2.24) is 10.3 Å². The van der Waals surface area contributed by atoms with E-state index in [4.69, 9.17) is 0 Å². The van der Waals surface area contributed by atoms with Gasteiger partial charge in [-0.15, -0.1) is 0 Å². The average Bonchev–Trinajstić information content (AvgIpc) is 2.77. The largest absolute Gasteiger partial charge is 0.348 e. The first kappa shape index (κ1) is 13.3. The molecule has 1 saturated carbocycles. The molecule has 0 aliphatic heterocycles. The lowest BCUT2D eigenvalue weighted by atomic mass is 10.2. The van der Waals surface area contributed by atoms with Gasteiger partial charge in [0.05, 0.1) is 0 Å². The Kier molecular flexibility index (Phi) is 4.58. The van der Waals surface area contributed by atoms with Gasteiger partial charge in [0, 0.05) is 29.1 Å². The van der Waals surface area contributed by atoms with Crippen LogP contribution in [0.5, 0.6) is 0 Å². The summed E-state index contributed by atoms with van der Waals surface area (Å²) < 4.78 is 12.9. The highest BCUT2D eigenvalue weighted by molar-refractivity contribution is 7.99. The first-order valence-electron chi connectivity index (χ1n) is 6.24. The normalized spacial score (nSPS) is 23.0. The highest BCUT2D eigenvalue weighted by Gasteiger charge is 2.28. The van der Waals surface area contributed by atoms with E-state index in [1.165, 1.54) is 18.3 Å². The summed E-state index contributed by atoms with van der Waals surface area (Å²) in [5.41, 5.74) is 0.342. The fourth-order valence-corrected chi connectivity index (χ4v) is 3.50. The fourth-order valence-electron chi connectivity index (χ4n) is 2.30. The Labute approximate surface area is 111 Å². The number of rotatable bonds is 4. The minimum atomic E-state index is -0.617. The number of halogens is 1. The molecule has 0 aromatic carbocycles. The molecular weight excluding hydrogens is 251 g/mol. The SMILES string of the molecule is CCSC1CCCC1NC(=O)c1ccnc(F)c1. The number of carbonyl (C=O) groups excluding carboxylic acids is 1. The first-order valence-corrected chi connectivity index (χ1v) is 7.29. The van der Waals surface area contributed by atoms with E-state index < -0.39 is 5.95 Å². The maximum atomic E-state index is 12.9. The highest BCUT2D eigenvalue weighted by atomic mass is 32.2. The Morgan fingerprint density at radius 1 is 1.61 bits per heavy atom. The van der Waals surface area contributed by atoms with Crippen molar-refractivity contribution in [3.05, 3.63) is 29.8 Å². The van der Waals surface area contributed by atoms with Gasteiger partial charge in [-0.05, 0) is 24.7 Å². The molecule has 0 bridgehead atoms. The number of nitrogens with one attached hydrogen (secondary N) is 1. The van der Waals surface area contributed by atoms with Crippen LogP contribution in [0.4, 0.5) is 4.39 Å². The number of carbonyl (C=O) groups is 1. The highest BCUT2D eigenvalue weighted by Crippen LogP contribution is 2.30. The van der Waals surface area contributed by atoms with Crippen molar-refractivity contribution in [2.24, 2.45) is 0 Å². The molecule has 1 aromatic heterocycles. The van der Waals surface area contributed by atoms with Gasteiger partial charge >= 0.3 is 0 Å². The molecule has 1 fully saturated rings. The summed E-state index contributed by atoms with van der Waals surface area (Å²) in [6.07, 6.45) is 4.62. The van der Waals surface area contributed by atoms with Crippen LogP contribution in [0.3, 0.4) is 0 Å². The quantitative estimate of drug-likeness (QED) is 0.854. The van der Waals surface area contributed by atoms with Crippen LogP contribution < -0.4 is 5.32 Å². The molecule has 2 rings (SSSR count). The molecule has 2 unspecified atom stereocenters. The van der Waals surface area contributed by atoms with Gasteiger partial charge in [-0.1, -0.05) is 13.3 Å². The van der Waals surface area contributed by atoms with E-state index >= 15 is 0 Å². The van der Waals surface area contributed by atoms with Crippen molar-refractivity contribution in [2.45, 2.75) is 37.5 Å². The Bertz CT molecular complexity index is 427. The van der Waals surface area contributed by atoms with Crippen LogP contribution in [0.25, 0.3) is 0 Å². The van der Waals surface area contributed by atoms with E-state index in [1.54, 1.807) is 0 Å². The summed E-state index contributed by atoms with van der Waals surface area (Å²) in [6, 6.07) is 2.92. The minimum absolute atomic E-state index is 0.204. The van der Waals surface area contributed by atoms with Crippen LogP contribution in [0.2, 0.25) is 0 Å². The molecule has 1 amide bonds. The second-order valence-corrected chi connectivity index (χ2v) is 5.89.